The molecule has 0 radical (unpaired) electrons. The molecule has 31 heavy (non-hydrogen) atoms. The van der Waals surface area contributed by atoms with Gasteiger partial charge in [-0.05, 0) is 74.9 Å². The molecule has 0 unspecified atom stereocenters. The minimum atomic E-state index is 0.748. The lowest BCUT2D eigenvalue weighted by Crippen LogP contribution is -2.47. The number of aryl methyl sites for hydroxylation is 1. The van der Waals surface area contributed by atoms with Gasteiger partial charge in [-0.15, -0.1) is 0 Å². The second-order valence-electron chi connectivity index (χ2n) is 9.18. The number of hydrogen-bond acceptors (Lipinski definition) is 4. The summed E-state index contributed by atoms with van der Waals surface area (Å²) < 4.78 is 0. The third-order valence-corrected chi connectivity index (χ3v) is 7.06. The molecule has 0 saturated carbocycles. The van der Waals surface area contributed by atoms with E-state index in [1.54, 1.807) is 0 Å². The maximum atomic E-state index is 9.98. The van der Waals surface area contributed by atoms with Crippen LogP contribution < -0.4 is 5.32 Å². The van der Waals surface area contributed by atoms with E-state index in [1.165, 1.54) is 73.7 Å². The molecule has 0 bridgehead atoms. The second-order valence-corrected chi connectivity index (χ2v) is 9.18. The fourth-order valence-electron chi connectivity index (χ4n) is 5.21. The van der Waals surface area contributed by atoms with Gasteiger partial charge in [0.1, 0.15) is 0 Å². The number of aliphatic hydroxyl groups excluding tert-OH is 1. The Kier molecular flexibility index (Phi) is 7.31. The van der Waals surface area contributed by atoms with E-state index in [0.717, 1.165) is 37.1 Å². The van der Waals surface area contributed by atoms with Crippen LogP contribution in [0, 0.1) is 13.8 Å². The van der Waals surface area contributed by atoms with Gasteiger partial charge in [0.05, 0.1) is 12.0 Å². The summed E-state index contributed by atoms with van der Waals surface area (Å²) in [6, 6.07) is 15.6. The quantitative estimate of drug-likeness (QED) is 0.586. The normalized spacial score (nSPS) is 19.5. The molecule has 2 aliphatic rings. The first kappa shape index (κ1) is 21.9. The molecule has 2 aromatic rings. The molecule has 2 saturated heterocycles. The van der Waals surface area contributed by atoms with Crippen molar-refractivity contribution in [3.63, 3.8) is 0 Å². The van der Waals surface area contributed by atoms with Crippen LogP contribution in [-0.4, -0.2) is 53.7 Å². The van der Waals surface area contributed by atoms with Crippen LogP contribution in [0.2, 0.25) is 0 Å². The Balaban J connectivity index is 1.40. The zero-order chi connectivity index (χ0) is 21.6. The fraction of sp³-hybridized carbons (Fsp3) is 0.481. The van der Waals surface area contributed by atoms with Crippen LogP contribution >= 0.6 is 0 Å². The molecular formula is C27H37N3O. The molecule has 2 N–H and O–H groups in total. The molecule has 2 aliphatic heterocycles. The molecule has 4 rings (SSSR count). The average Bonchev–Trinajstić information content (AvgIpc) is 2.82. The lowest BCUT2D eigenvalue weighted by Gasteiger charge is -2.40. The largest absolute Gasteiger partial charge is 0.514 e. The lowest BCUT2D eigenvalue weighted by atomic mass is 9.96. The third kappa shape index (κ3) is 5.31. The highest BCUT2D eigenvalue weighted by molar-refractivity contribution is 5.76. The molecule has 0 amide bonds. The van der Waals surface area contributed by atoms with Crippen LogP contribution in [0.1, 0.15) is 43.2 Å². The van der Waals surface area contributed by atoms with Crippen LogP contribution in [0.3, 0.4) is 0 Å². The number of anilines is 1. The summed E-state index contributed by atoms with van der Waals surface area (Å²) in [7, 11) is 0. The maximum Gasteiger partial charge on any atom is 0.0997 e. The van der Waals surface area contributed by atoms with E-state index in [0.29, 0.717) is 0 Å². The van der Waals surface area contributed by atoms with Gasteiger partial charge in [0.2, 0.25) is 0 Å². The van der Waals surface area contributed by atoms with E-state index in [-0.39, 0.29) is 0 Å². The van der Waals surface area contributed by atoms with Crippen molar-refractivity contribution >= 4 is 5.69 Å². The Morgan fingerprint density at radius 3 is 2.35 bits per heavy atom. The SMILES string of the molecule is Cc1ccc(-c2ccccc2)c(C)c1N/C(=C\O)CN1CCC(N2CCCCC2)CC1. The Hall–Kier alpha value is -2.30. The summed E-state index contributed by atoms with van der Waals surface area (Å²) in [5, 5.41) is 13.5. The number of rotatable bonds is 6. The van der Waals surface area contributed by atoms with Crippen molar-refractivity contribution in [3.05, 3.63) is 65.6 Å². The van der Waals surface area contributed by atoms with Gasteiger partial charge in [0.15, 0.2) is 0 Å². The van der Waals surface area contributed by atoms with Gasteiger partial charge in [0, 0.05) is 31.4 Å². The van der Waals surface area contributed by atoms with Crippen molar-refractivity contribution in [1.29, 1.82) is 0 Å². The number of nitrogens with one attached hydrogen (secondary N) is 1. The first-order valence-corrected chi connectivity index (χ1v) is 11.9. The molecule has 2 heterocycles. The van der Waals surface area contributed by atoms with Crippen molar-refractivity contribution in [3.8, 4) is 11.1 Å². The Morgan fingerprint density at radius 2 is 1.68 bits per heavy atom. The zero-order valence-corrected chi connectivity index (χ0v) is 19.1. The van der Waals surface area contributed by atoms with Crippen LogP contribution in [0.4, 0.5) is 5.69 Å². The number of hydrogen-bond donors (Lipinski definition) is 2. The number of aliphatic hydroxyl groups is 1. The summed E-state index contributed by atoms with van der Waals surface area (Å²) in [6.07, 6.45) is 7.85. The predicted molar refractivity (Wildman–Crippen MR) is 131 cm³/mol. The molecule has 4 heteroatoms. The predicted octanol–water partition coefficient (Wildman–Crippen LogP) is 5.73. The Morgan fingerprint density at radius 1 is 0.968 bits per heavy atom. The minimum absolute atomic E-state index is 0.748. The molecule has 166 valence electrons. The highest BCUT2D eigenvalue weighted by Gasteiger charge is 2.26. The van der Waals surface area contributed by atoms with Crippen LogP contribution in [0.15, 0.2) is 54.4 Å². The highest BCUT2D eigenvalue weighted by atomic mass is 16.2. The third-order valence-electron chi connectivity index (χ3n) is 7.06. The van der Waals surface area contributed by atoms with E-state index in [2.05, 4.69) is 65.4 Å². The smallest absolute Gasteiger partial charge is 0.0997 e. The average molecular weight is 420 g/mol. The summed E-state index contributed by atoms with van der Waals surface area (Å²) in [5.41, 5.74) is 6.83. The van der Waals surface area contributed by atoms with Crippen molar-refractivity contribution in [2.45, 2.75) is 52.0 Å². The van der Waals surface area contributed by atoms with E-state index in [4.69, 9.17) is 0 Å². The monoisotopic (exact) mass is 419 g/mol. The van der Waals surface area contributed by atoms with Gasteiger partial charge >= 0.3 is 0 Å². The van der Waals surface area contributed by atoms with E-state index >= 15 is 0 Å². The van der Waals surface area contributed by atoms with Gasteiger partial charge in [-0.3, -0.25) is 4.90 Å². The van der Waals surface area contributed by atoms with E-state index < -0.39 is 0 Å². The van der Waals surface area contributed by atoms with Crippen LogP contribution in [0.25, 0.3) is 11.1 Å². The topological polar surface area (TPSA) is 38.7 Å². The summed E-state index contributed by atoms with van der Waals surface area (Å²) in [6.45, 7) is 9.82. The van der Waals surface area contributed by atoms with Crippen LogP contribution in [0.5, 0.6) is 0 Å². The standard InChI is InChI=1S/C27H37N3O/c1-21-11-12-26(23-9-5-3-6-10-23)22(2)27(21)28-24(20-31)19-29-17-13-25(14-18-29)30-15-7-4-8-16-30/h3,5-6,9-12,20,25,28,31H,4,7-8,13-19H2,1-2H3/b24-20-. The molecular weight excluding hydrogens is 382 g/mol. The molecule has 2 fully saturated rings. The van der Waals surface area contributed by atoms with E-state index in [1.807, 2.05) is 6.07 Å². The summed E-state index contributed by atoms with van der Waals surface area (Å²) in [4.78, 5) is 5.19. The Bertz CT molecular complexity index is 879. The number of likely N-dealkylation sites (tertiary alicyclic amines) is 2. The highest BCUT2D eigenvalue weighted by Crippen LogP contribution is 2.32. The summed E-state index contributed by atoms with van der Waals surface area (Å²) >= 11 is 0. The summed E-state index contributed by atoms with van der Waals surface area (Å²) in [5.74, 6) is 0. The number of nitrogens with zero attached hydrogens (tertiary/aromatic N) is 2. The van der Waals surface area contributed by atoms with Crippen molar-refractivity contribution < 1.29 is 5.11 Å². The number of benzene rings is 2. The minimum Gasteiger partial charge on any atom is -0.514 e. The number of piperidine rings is 2. The first-order chi connectivity index (χ1) is 15.2. The molecule has 0 atom stereocenters. The van der Waals surface area contributed by atoms with Crippen LogP contribution in [-0.2, 0) is 0 Å². The van der Waals surface area contributed by atoms with Gasteiger partial charge < -0.3 is 15.3 Å². The first-order valence-electron chi connectivity index (χ1n) is 11.9. The molecule has 4 nitrogen and oxygen atoms in total. The van der Waals surface area contributed by atoms with Crippen molar-refractivity contribution in [1.82, 2.24) is 9.80 Å². The molecule has 2 aromatic carbocycles. The van der Waals surface area contributed by atoms with Gasteiger partial charge in [-0.25, -0.2) is 0 Å². The molecule has 0 aromatic heterocycles. The zero-order valence-electron chi connectivity index (χ0n) is 19.1. The van der Waals surface area contributed by atoms with Crippen molar-refractivity contribution in [2.75, 3.05) is 38.0 Å². The van der Waals surface area contributed by atoms with Gasteiger partial charge in [-0.1, -0.05) is 48.9 Å². The van der Waals surface area contributed by atoms with Gasteiger partial charge in [-0.2, -0.15) is 0 Å². The second kappa shape index (κ2) is 10.3. The fourth-order valence-corrected chi connectivity index (χ4v) is 5.21. The van der Waals surface area contributed by atoms with Crippen molar-refractivity contribution in [2.24, 2.45) is 0 Å². The molecule has 0 spiro atoms. The lowest BCUT2D eigenvalue weighted by molar-refractivity contribution is 0.0963. The molecule has 0 aliphatic carbocycles. The maximum absolute atomic E-state index is 9.98. The van der Waals surface area contributed by atoms with Gasteiger partial charge in [0.25, 0.3) is 0 Å². The Labute approximate surface area is 187 Å². The van der Waals surface area contributed by atoms with E-state index in [9.17, 15) is 5.11 Å².